The lowest BCUT2D eigenvalue weighted by molar-refractivity contribution is -0.114. The third kappa shape index (κ3) is 3.84. The minimum atomic E-state index is -0.619. The largest absolute Gasteiger partial charge is 0.324 e. The van der Waals surface area contributed by atoms with Gasteiger partial charge in [0.15, 0.2) is 0 Å². The van der Waals surface area contributed by atoms with Crippen molar-refractivity contribution in [2.75, 3.05) is 10.6 Å². The van der Waals surface area contributed by atoms with Crippen molar-refractivity contribution in [3.63, 3.8) is 0 Å². The van der Waals surface area contributed by atoms with Gasteiger partial charge in [0.25, 0.3) is 5.91 Å². The second-order valence-electron chi connectivity index (χ2n) is 5.84. The first-order chi connectivity index (χ1) is 12.9. The van der Waals surface area contributed by atoms with Gasteiger partial charge in [-0.1, -0.05) is 12.1 Å². The van der Waals surface area contributed by atoms with Gasteiger partial charge in [-0.3, -0.25) is 9.59 Å². The molecule has 27 heavy (non-hydrogen) atoms. The van der Waals surface area contributed by atoms with Crippen molar-refractivity contribution in [3.8, 4) is 5.69 Å². The van der Waals surface area contributed by atoms with E-state index in [1.54, 1.807) is 25.1 Å². The van der Waals surface area contributed by atoms with Gasteiger partial charge < -0.3 is 10.6 Å². The summed E-state index contributed by atoms with van der Waals surface area (Å²) in [6.07, 6.45) is 1.33. The van der Waals surface area contributed by atoms with Crippen LogP contribution in [0, 0.1) is 18.6 Å². The Morgan fingerprint density at radius 3 is 2.48 bits per heavy atom. The lowest BCUT2D eigenvalue weighted by atomic mass is 10.2. The summed E-state index contributed by atoms with van der Waals surface area (Å²) in [7, 11) is 0. The normalized spacial score (nSPS) is 10.5. The summed E-state index contributed by atoms with van der Waals surface area (Å²) < 4.78 is 29.0. The van der Waals surface area contributed by atoms with Crippen LogP contribution in [-0.4, -0.2) is 21.6 Å². The van der Waals surface area contributed by atoms with Gasteiger partial charge >= 0.3 is 0 Å². The van der Waals surface area contributed by atoms with Crippen LogP contribution in [0.3, 0.4) is 0 Å². The Morgan fingerprint density at radius 1 is 1.04 bits per heavy atom. The number of hydrogen-bond acceptors (Lipinski definition) is 3. The average Bonchev–Trinajstić information content (AvgIpc) is 2.99. The van der Waals surface area contributed by atoms with Crippen LogP contribution in [0.25, 0.3) is 5.69 Å². The summed E-state index contributed by atoms with van der Waals surface area (Å²) >= 11 is 0. The molecular weight excluding hydrogens is 354 g/mol. The van der Waals surface area contributed by atoms with Crippen LogP contribution in [0.4, 0.5) is 20.2 Å². The highest BCUT2D eigenvalue weighted by Gasteiger charge is 2.17. The number of benzene rings is 2. The summed E-state index contributed by atoms with van der Waals surface area (Å²) in [6, 6.07) is 9.90. The predicted molar refractivity (Wildman–Crippen MR) is 96.9 cm³/mol. The molecule has 0 bridgehead atoms. The van der Waals surface area contributed by atoms with E-state index in [9.17, 15) is 18.4 Å². The highest BCUT2D eigenvalue weighted by atomic mass is 19.1. The lowest BCUT2D eigenvalue weighted by Crippen LogP contribution is -2.14. The molecule has 3 rings (SSSR count). The number of rotatable bonds is 4. The van der Waals surface area contributed by atoms with Gasteiger partial charge in [-0.05, 0) is 37.3 Å². The number of hydrogen-bond donors (Lipinski definition) is 2. The summed E-state index contributed by atoms with van der Waals surface area (Å²) in [6.45, 7) is 2.90. The van der Waals surface area contributed by atoms with Crippen molar-refractivity contribution in [1.29, 1.82) is 0 Å². The van der Waals surface area contributed by atoms with Crippen molar-refractivity contribution in [2.24, 2.45) is 0 Å². The molecule has 3 aromatic rings. The van der Waals surface area contributed by atoms with E-state index in [1.807, 2.05) is 0 Å². The molecule has 1 aromatic heterocycles. The van der Waals surface area contributed by atoms with E-state index in [-0.39, 0.29) is 16.9 Å². The van der Waals surface area contributed by atoms with E-state index < -0.39 is 23.4 Å². The topological polar surface area (TPSA) is 76.0 Å². The summed E-state index contributed by atoms with van der Waals surface area (Å²) in [5.74, 6) is -2.00. The molecule has 0 radical (unpaired) electrons. The Morgan fingerprint density at radius 2 is 1.78 bits per heavy atom. The minimum Gasteiger partial charge on any atom is -0.324 e. The fourth-order valence-corrected chi connectivity index (χ4v) is 2.59. The Bertz CT molecular complexity index is 1030. The van der Waals surface area contributed by atoms with E-state index in [0.29, 0.717) is 11.4 Å². The predicted octanol–water partition coefficient (Wildman–Crippen LogP) is 3.67. The molecule has 0 saturated heterocycles. The monoisotopic (exact) mass is 370 g/mol. The second-order valence-corrected chi connectivity index (χ2v) is 5.84. The molecule has 2 aromatic carbocycles. The fourth-order valence-electron chi connectivity index (χ4n) is 2.59. The number of nitrogens with zero attached hydrogens (tertiary/aromatic N) is 2. The number of para-hydroxylation sites is 1. The van der Waals surface area contributed by atoms with Gasteiger partial charge in [0, 0.05) is 12.6 Å². The van der Waals surface area contributed by atoms with E-state index >= 15 is 0 Å². The molecule has 0 spiro atoms. The molecule has 0 unspecified atom stereocenters. The van der Waals surface area contributed by atoms with Crippen LogP contribution < -0.4 is 10.6 Å². The van der Waals surface area contributed by atoms with Crippen LogP contribution in [0.2, 0.25) is 0 Å². The number of aromatic nitrogens is 2. The van der Waals surface area contributed by atoms with Gasteiger partial charge in [-0.15, -0.1) is 0 Å². The quantitative estimate of drug-likeness (QED) is 0.736. The third-order valence-corrected chi connectivity index (χ3v) is 3.87. The minimum absolute atomic E-state index is 0.0425. The van der Waals surface area contributed by atoms with E-state index in [4.69, 9.17) is 0 Å². The molecule has 2 N–H and O–H groups in total. The second kappa shape index (κ2) is 7.36. The van der Waals surface area contributed by atoms with Crippen molar-refractivity contribution in [2.45, 2.75) is 13.8 Å². The molecule has 0 aliphatic rings. The zero-order chi connectivity index (χ0) is 19.6. The molecule has 0 aliphatic heterocycles. The maximum atomic E-state index is 14.0. The van der Waals surface area contributed by atoms with E-state index in [1.165, 1.54) is 36.0 Å². The van der Waals surface area contributed by atoms with Crippen LogP contribution in [0.1, 0.15) is 23.0 Å². The zero-order valence-electron chi connectivity index (χ0n) is 14.6. The van der Waals surface area contributed by atoms with Gasteiger partial charge in [0.1, 0.15) is 17.3 Å². The molecule has 0 aliphatic carbocycles. The molecule has 8 heteroatoms. The first-order valence-corrected chi connectivity index (χ1v) is 8.05. The highest BCUT2D eigenvalue weighted by molar-refractivity contribution is 6.05. The van der Waals surface area contributed by atoms with E-state index in [0.717, 1.165) is 6.07 Å². The van der Waals surface area contributed by atoms with Gasteiger partial charge in [-0.2, -0.15) is 5.10 Å². The van der Waals surface area contributed by atoms with Crippen LogP contribution in [0.15, 0.2) is 48.7 Å². The summed E-state index contributed by atoms with van der Waals surface area (Å²) in [5.41, 5.74) is 1.16. The van der Waals surface area contributed by atoms with Crippen LogP contribution >= 0.6 is 0 Å². The van der Waals surface area contributed by atoms with Crippen molar-refractivity contribution < 1.29 is 18.4 Å². The number of carbonyl (C=O) groups is 2. The Labute approximate surface area is 153 Å². The maximum absolute atomic E-state index is 14.0. The summed E-state index contributed by atoms with van der Waals surface area (Å²) in [4.78, 5) is 23.7. The molecule has 138 valence electrons. The number of anilines is 2. The van der Waals surface area contributed by atoms with Crippen LogP contribution in [-0.2, 0) is 4.79 Å². The summed E-state index contributed by atoms with van der Waals surface area (Å²) in [5, 5.41) is 9.04. The molecule has 0 atom stereocenters. The van der Waals surface area contributed by atoms with Crippen molar-refractivity contribution in [1.82, 2.24) is 9.78 Å². The average molecular weight is 370 g/mol. The van der Waals surface area contributed by atoms with Crippen molar-refractivity contribution >= 4 is 23.2 Å². The van der Waals surface area contributed by atoms with Gasteiger partial charge in [-0.25, -0.2) is 13.5 Å². The standard InChI is InChI=1S/C19H16F2N4O2/c1-11-14(10-22-25(11)18-6-4-3-5-16(18)21)19(27)24-13-7-8-15(20)17(9-13)23-12(2)26/h3-10H,1-2H3,(H,23,26)(H,24,27). The molecule has 2 amide bonds. The maximum Gasteiger partial charge on any atom is 0.259 e. The van der Waals surface area contributed by atoms with Gasteiger partial charge in [0.2, 0.25) is 5.91 Å². The number of halogens is 2. The first kappa shape index (κ1) is 18.2. The third-order valence-electron chi connectivity index (χ3n) is 3.87. The zero-order valence-corrected chi connectivity index (χ0v) is 14.6. The Hall–Kier alpha value is -3.55. The fraction of sp³-hybridized carbons (Fsp3) is 0.105. The van der Waals surface area contributed by atoms with Gasteiger partial charge in [0.05, 0.1) is 23.1 Å². The van der Waals surface area contributed by atoms with Crippen molar-refractivity contribution in [3.05, 3.63) is 71.6 Å². The molecule has 0 saturated carbocycles. The molecule has 1 heterocycles. The number of carbonyl (C=O) groups excluding carboxylic acids is 2. The Balaban J connectivity index is 1.86. The first-order valence-electron chi connectivity index (χ1n) is 8.05. The molecular formula is C19H16F2N4O2. The lowest BCUT2D eigenvalue weighted by Gasteiger charge is -2.09. The van der Waals surface area contributed by atoms with E-state index in [2.05, 4.69) is 15.7 Å². The highest BCUT2D eigenvalue weighted by Crippen LogP contribution is 2.22. The number of amides is 2. The van der Waals surface area contributed by atoms with Crippen LogP contribution in [0.5, 0.6) is 0 Å². The smallest absolute Gasteiger partial charge is 0.259 e. The molecule has 6 nitrogen and oxygen atoms in total. The SMILES string of the molecule is CC(=O)Nc1cc(NC(=O)c2cnn(-c3ccccc3F)c2C)ccc1F. The number of nitrogens with one attached hydrogen (secondary N) is 2. The molecule has 0 fully saturated rings. The Kier molecular flexibility index (Phi) is 4.98.